The minimum Gasteiger partial charge on any atom is -0.493 e. The monoisotopic (exact) mass is 414 g/mol. The fourth-order valence-electron chi connectivity index (χ4n) is 3.36. The number of anilines is 1. The maximum Gasteiger partial charge on any atom is 0.269 e. The van der Waals surface area contributed by atoms with Gasteiger partial charge in [0.05, 0.1) is 5.52 Å². The highest BCUT2D eigenvalue weighted by atomic mass is 16.3. The normalized spacial score (nSPS) is 11.3. The highest BCUT2D eigenvalue weighted by Gasteiger charge is 2.18. The number of nitrogens with one attached hydrogen (secondary N) is 1. The number of carbonyl (C=O) groups is 1. The molecule has 8 nitrogen and oxygen atoms in total. The molecule has 2 aromatic carbocycles. The molecule has 0 aliphatic heterocycles. The number of amides is 1. The first-order valence-electron chi connectivity index (χ1n) is 9.81. The largest absolute Gasteiger partial charge is 0.493 e. The minimum atomic E-state index is -0.263. The molecule has 0 aliphatic carbocycles. The van der Waals surface area contributed by atoms with Crippen LogP contribution in [0.15, 0.2) is 64.8 Å². The van der Waals surface area contributed by atoms with Crippen LogP contribution in [0.5, 0.6) is 5.88 Å². The molecule has 1 amide bonds. The predicted octanol–water partition coefficient (Wildman–Crippen LogP) is 5.12. The standard InChI is InChI=1S/C23H22N6O2/c1-14-8-10-17(11-9-14)26-20(30)13-29-19-7-5-4-6-18(19)21(22(29)31)27-28-23-24-15(2)12-16(3)25-23/h4-12,31H,13H2,1-3H3,(H,26,30). The van der Waals surface area contributed by atoms with Crippen molar-refractivity contribution in [3.63, 3.8) is 0 Å². The Morgan fingerprint density at radius 3 is 2.39 bits per heavy atom. The Balaban J connectivity index is 1.65. The van der Waals surface area contributed by atoms with Crippen LogP contribution in [0.3, 0.4) is 0 Å². The summed E-state index contributed by atoms with van der Waals surface area (Å²) < 4.78 is 1.51. The van der Waals surface area contributed by atoms with Gasteiger partial charge in [-0.25, -0.2) is 9.97 Å². The topological polar surface area (TPSA) is 105 Å². The van der Waals surface area contributed by atoms with E-state index in [1.54, 1.807) is 0 Å². The molecule has 0 unspecified atom stereocenters. The summed E-state index contributed by atoms with van der Waals surface area (Å²) in [6.07, 6.45) is 0. The van der Waals surface area contributed by atoms with Crippen LogP contribution in [0.4, 0.5) is 17.3 Å². The number of carbonyl (C=O) groups excluding carboxylic acids is 1. The number of fused-ring (bicyclic) bond motifs is 1. The van der Waals surface area contributed by atoms with E-state index in [9.17, 15) is 9.90 Å². The summed E-state index contributed by atoms with van der Waals surface area (Å²) in [6.45, 7) is 5.61. The highest BCUT2D eigenvalue weighted by Crippen LogP contribution is 2.39. The summed E-state index contributed by atoms with van der Waals surface area (Å²) >= 11 is 0. The number of benzene rings is 2. The summed E-state index contributed by atoms with van der Waals surface area (Å²) in [4.78, 5) is 21.1. The van der Waals surface area contributed by atoms with Crippen molar-refractivity contribution in [2.75, 3.05) is 5.32 Å². The maximum absolute atomic E-state index is 12.6. The predicted molar refractivity (Wildman–Crippen MR) is 119 cm³/mol. The van der Waals surface area contributed by atoms with E-state index in [2.05, 4.69) is 25.5 Å². The Labute approximate surface area is 179 Å². The third kappa shape index (κ3) is 4.42. The highest BCUT2D eigenvalue weighted by molar-refractivity contribution is 5.97. The Morgan fingerprint density at radius 1 is 1.00 bits per heavy atom. The van der Waals surface area contributed by atoms with Gasteiger partial charge in [-0.1, -0.05) is 35.9 Å². The van der Waals surface area contributed by atoms with E-state index < -0.39 is 0 Å². The second kappa shape index (κ2) is 8.35. The van der Waals surface area contributed by atoms with Gasteiger partial charge in [0, 0.05) is 22.5 Å². The van der Waals surface area contributed by atoms with E-state index in [0.717, 1.165) is 17.0 Å². The average Bonchev–Trinajstić information content (AvgIpc) is 2.99. The van der Waals surface area contributed by atoms with Crippen LogP contribution >= 0.6 is 0 Å². The zero-order valence-corrected chi connectivity index (χ0v) is 17.5. The van der Waals surface area contributed by atoms with Crippen molar-refractivity contribution in [2.45, 2.75) is 27.3 Å². The second-order valence-electron chi connectivity index (χ2n) is 7.34. The molecule has 2 heterocycles. The zero-order valence-electron chi connectivity index (χ0n) is 17.5. The molecule has 0 atom stereocenters. The lowest BCUT2D eigenvalue weighted by molar-refractivity contribution is -0.116. The molecule has 8 heteroatoms. The lowest BCUT2D eigenvalue weighted by atomic mass is 10.2. The number of hydrogen-bond acceptors (Lipinski definition) is 6. The summed E-state index contributed by atoms with van der Waals surface area (Å²) in [5.41, 5.74) is 4.30. The average molecular weight is 414 g/mol. The van der Waals surface area contributed by atoms with Gasteiger partial charge in [0.2, 0.25) is 11.8 Å². The molecule has 0 bridgehead atoms. The van der Waals surface area contributed by atoms with Crippen molar-refractivity contribution < 1.29 is 9.90 Å². The van der Waals surface area contributed by atoms with E-state index in [0.29, 0.717) is 16.6 Å². The molecular weight excluding hydrogens is 392 g/mol. The first kappa shape index (κ1) is 20.2. The molecule has 4 rings (SSSR count). The molecule has 2 aromatic heterocycles. The van der Waals surface area contributed by atoms with Crippen molar-refractivity contribution in [3.8, 4) is 5.88 Å². The molecule has 0 radical (unpaired) electrons. The van der Waals surface area contributed by atoms with Crippen molar-refractivity contribution in [1.29, 1.82) is 0 Å². The van der Waals surface area contributed by atoms with E-state index in [4.69, 9.17) is 0 Å². The van der Waals surface area contributed by atoms with Gasteiger partial charge in [0.25, 0.3) is 5.95 Å². The van der Waals surface area contributed by atoms with Crippen LogP contribution in [0.1, 0.15) is 17.0 Å². The molecule has 0 saturated carbocycles. The summed E-state index contributed by atoms with van der Waals surface area (Å²) in [5, 5.41) is 22.7. The minimum absolute atomic E-state index is 0.0736. The van der Waals surface area contributed by atoms with Crippen molar-refractivity contribution >= 4 is 34.1 Å². The molecule has 0 saturated heterocycles. The Hall–Kier alpha value is -4.07. The van der Waals surface area contributed by atoms with Gasteiger partial charge in [0.1, 0.15) is 6.54 Å². The van der Waals surface area contributed by atoms with Gasteiger partial charge in [-0.15, -0.1) is 10.2 Å². The van der Waals surface area contributed by atoms with Crippen molar-refractivity contribution in [2.24, 2.45) is 10.2 Å². The molecule has 2 N–H and O–H groups in total. The third-order valence-electron chi connectivity index (χ3n) is 4.76. The first-order valence-corrected chi connectivity index (χ1v) is 9.81. The van der Waals surface area contributed by atoms with Gasteiger partial charge in [-0.3, -0.25) is 4.79 Å². The number of aromatic hydroxyl groups is 1. The fourth-order valence-corrected chi connectivity index (χ4v) is 3.36. The van der Waals surface area contributed by atoms with Crippen LogP contribution in [0.2, 0.25) is 0 Å². The van der Waals surface area contributed by atoms with Crippen LogP contribution in [-0.2, 0) is 11.3 Å². The maximum atomic E-state index is 12.6. The SMILES string of the molecule is Cc1ccc(NC(=O)Cn2c(O)c(N=Nc3nc(C)cc(C)n3)c3ccccc32)cc1. The molecule has 0 spiro atoms. The Morgan fingerprint density at radius 2 is 1.68 bits per heavy atom. The molecular formula is C23H22N6O2. The van der Waals surface area contributed by atoms with Gasteiger partial charge in [-0.2, -0.15) is 0 Å². The van der Waals surface area contributed by atoms with Gasteiger partial charge in [-0.05, 0) is 45.0 Å². The quantitative estimate of drug-likeness (QED) is 0.442. The first-order chi connectivity index (χ1) is 14.9. The smallest absolute Gasteiger partial charge is 0.269 e. The van der Waals surface area contributed by atoms with Gasteiger partial charge < -0.3 is 15.0 Å². The number of para-hydroxylation sites is 1. The summed E-state index contributed by atoms with van der Waals surface area (Å²) in [6, 6.07) is 16.7. The van der Waals surface area contributed by atoms with Crippen LogP contribution in [0, 0.1) is 20.8 Å². The summed E-state index contributed by atoms with van der Waals surface area (Å²) in [5.74, 6) is -0.194. The number of nitrogens with zero attached hydrogens (tertiary/aromatic N) is 5. The molecule has 4 aromatic rings. The third-order valence-corrected chi connectivity index (χ3v) is 4.76. The number of azo groups is 1. The van der Waals surface area contributed by atoms with Gasteiger partial charge in [0.15, 0.2) is 5.69 Å². The fraction of sp³-hybridized carbons (Fsp3) is 0.174. The Kier molecular flexibility index (Phi) is 5.44. The van der Waals surface area contributed by atoms with Crippen molar-refractivity contribution in [3.05, 3.63) is 71.5 Å². The van der Waals surface area contributed by atoms with Crippen LogP contribution < -0.4 is 5.32 Å². The van der Waals surface area contributed by atoms with E-state index in [1.165, 1.54) is 4.57 Å². The second-order valence-corrected chi connectivity index (χ2v) is 7.34. The zero-order chi connectivity index (χ0) is 22.0. The summed E-state index contributed by atoms with van der Waals surface area (Å²) in [7, 11) is 0. The molecule has 0 aliphatic rings. The van der Waals surface area contributed by atoms with Crippen LogP contribution in [-0.4, -0.2) is 25.5 Å². The van der Waals surface area contributed by atoms with E-state index in [-0.39, 0.29) is 30.0 Å². The number of hydrogen-bond donors (Lipinski definition) is 2. The van der Waals surface area contributed by atoms with E-state index >= 15 is 0 Å². The number of aryl methyl sites for hydroxylation is 3. The van der Waals surface area contributed by atoms with Gasteiger partial charge >= 0.3 is 0 Å². The number of rotatable bonds is 5. The molecule has 31 heavy (non-hydrogen) atoms. The lowest BCUT2D eigenvalue weighted by Crippen LogP contribution is -2.18. The van der Waals surface area contributed by atoms with Crippen LogP contribution in [0.25, 0.3) is 10.9 Å². The number of aromatic nitrogens is 3. The van der Waals surface area contributed by atoms with E-state index in [1.807, 2.05) is 75.4 Å². The Bertz CT molecular complexity index is 1270. The molecule has 0 fully saturated rings. The van der Waals surface area contributed by atoms with Crippen molar-refractivity contribution in [1.82, 2.24) is 14.5 Å². The molecule has 156 valence electrons. The lowest BCUT2D eigenvalue weighted by Gasteiger charge is -2.08.